The van der Waals surface area contributed by atoms with E-state index in [2.05, 4.69) is 20.9 Å². The van der Waals surface area contributed by atoms with Crippen molar-refractivity contribution in [2.45, 2.75) is 0 Å². The number of nitrogens with zero attached hydrogens (tertiary/aromatic N) is 2. The quantitative estimate of drug-likeness (QED) is 0.788. The highest BCUT2D eigenvalue weighted by molar-refractivity contribution is 9.10. The normalized spacial score (nSPS) is 10.8. The topological polar surface area (TPSA) is 52.5 Å². The van der Waals surface area contributed by atoms with Gasteiger partial charge < -0.3 is 10.5 Å². The maximum atomic E-state index is 6.17. The van der Waals surface area contributed by atoms with Crippen molar-refractivity contribution in [3.8, 4) is 17.0 Å². The molecule has 0 spiro atoms. The number of nitrogens with two attached hydrogens (primary N) is 1. The molecule has 5 heteroatoms. The second-order valence-electron chi connectivity index (χ2n) is 4.13. The van der Waals surface area contributed by atoms with Crippen molar-refractivity contribution in [2.24, 2.45) is 0 Å². The minimum atomic E-state index is 0.615. The van der Waals surface area contributed by atoms with Crippen molar-refractivity contribution in [1.82, 2.24) is 9.38 Å². The molecule has 1 aromatic carbocycles. The molecular weight excluding hydrogens is 306 g/mol. The lowest BCUT2D eigenvalue weighted by molar-refractivity contribution is 0.415. The van der Waals surface area contributed by atoms with Gasteiger partial charge in [0.1, 0.15) is 17.3 Å². The number of anilines is 1. The Hall–Kier alpha value is -2.01. The van der Waals surface area contributed by atoms with Crippen molar-refractivity contribution in [1.29, 1.82) is 0 Å². The highest BCUT2D eigenvalue weighted by Crippen LogP contribution is 2.30. The van der Waals surface area contributed by atoms with Crippen molar-refractivity contribution < 1.29 is 4.74 Å². The molecule has 3 rings (SSSR count). The fourth-order valence-electron chi connectivity index (χ4n) is 2.04. The SMILES string of the molecule is COc1cccc(-c2nc3c(Br)cccn3c2N)c1. The fraction of sp³-hybridized carbons (Fsp3) is 0.0714. The molecule has 19 heavy (non-hydrogen) atoms. The summed E-state index contributed by atoms with van der Waals surface area (Å²) in [4.78, 5) is 4.59. The molecule has 2 aromatic heterocycles. The molecule has 0 unspecified atom stereocenters. The van der Waals surface area contributed by atoms with E-state index in [1.165, 1.54) is 0 Å². The predicted octanol–water partition coefficient (Wildman–Crippen LogP) is 3.35. The van der Waals surface area contributed by atoms with Gasteiger partial charge >= 0.3 is 0 Å². The molecule has 0 aliphatic heterocycles. The highest BCUT2D eigenvalue weighted by Gasteiger charge is 2.13. The maximum absolute atomic E-state index is 6.17. The number of hydrogen-bond donors (Lipinski definition) is 1. The summed E-state index contributed by atoms with van der Waals surface area (Å²) in [5.41, 5.74) is 8.67. The third-order valence-corrected chi connectivity index (χ3v) is 3.60. The minimum absolute atomic E-state index is 0.615. The number of aromatic nitrogens is 2. The Morgan fingerprint density at radius 3 is 2.84 bits per heavy atom. The van der Waals surface area contributed by atoms with Crippen LogP contribution in [0.3, 0.4) is 0 Å². The number of halogens is 1. The van der Waals surface area contributed by atoms with Gasteiger partial charge in [-0.2, -0.15) is 0 Å². The average Bonchev–Trinajstić information content (AvgIpc) is 2.78. The van der Waals surface area contributed by atoms with Gasteiger partial charge in [-0.25, -0.2) is 4.98 Å². The number of nitrogen functional groups attached to an aromatic ring is 1. The van der Waals surface area contributed by atoms with Crippen LogP contribution in [0.25, 0.3) is 16.9 Å². The number of pyridine rings is 1. The molecule has 0 bridgehead atoms. The number of benzene rings is 1. The second-order valence-corrected chi connectivity index (χ2v) is 4.98. The zero-order valence-electron chi connectivity index (χ0n) is 10.3. The Morgan fingerprint density at radius 1 is 1.26 bits per heavy atom. The van der Waals surface area contributed by atoms with Crippen LogP contribution >= 0.6 is 15.9 Å². The fourth-order valence-corrected chi connectivity index (χ4v) is 2.47. The first-order valence-corrected chi connectivity index (χ1v) is 6.56. The summed E-state index contributed by atoms with van der Waals surface area (Å²) < 4.78 is 8.00. The van der Waals surface area contributed by atoms with E-state index in [1.807, 2.05) is 47.0 Å². The van der Waals surface area contributed by atoms with Crippen LogP contribution in [0.15, 0.2) is 47.1 Å². The van der Waals surface area contributed by atoms with Crippen LogP contribution in [0.1, 0.15) is 0 Å². The van der Waals surface area contributed by atoms with Crippen molar-refractivity contribution in [3.05, 3.63) is 47.1 Å². The van der Waals surface area contributed by atoms with Gasteiger partial charge in [0.05, 0.1) is 11.6 Å². The van der Waals surface area contributed by atoms with Crippen molar-refractivity contribution in [2.75, 3.05) is 12.8 Å². The van der Waals surface area contributed by atoms with Gasteiger partial charge in [0.15, 0.2) is 5.65 Å². The van der Waals surface area contributed by atoms with E-state index in [9.17, 15) is 0 Å². The number of hydrogen-bond acceptors (Lipinski definition) is 3. The van der Waals surface area contributed by atoms with Crippen LogP contribution in [0.4, 0.5) is 5.82 Å². The van der Waals surface area contributed by atoms with Crippen molar-refractivity contribution >= 4 is 27.4 Å². The largest absolute Gasteiger partial charge is 0.497 e. The Bertz CT molecular complexity index is 752. The van der Waals surface area contributed by atoms with E-state index in [-0.39, 0.29) is 0 Å². The zero-order valence-corrected chi connectivity index (χ0v) is 11.9. The number of imidazole rings is 1. The summed E-state index contributed by atoms with van der Waals surface area (Å²) in [5, 5.41) is 0. The van der Waals surface area contributed by atoms with E-state index >= 15 is 0 Å². The van der Waals surface area contributed by atoms with Gasteiger partial charge in [0.2, 0.25) is 0 Å². The van der Waals surface area contributed by atoms with Gasteiger partial charge in [-0.3, -0.25) is 4.40 Å². The summed E-state index contributed by atoms with van der Waals surface area (Å²) in [6, 6.07) is 11.6. The van der Waals surface area contributed by atoms with E-state index in [0.717, 1.165) is 27.1 Å². The number of ether oxygens (including phenoxy) is 1. The lowest BCUT2D eigenvalue weighted by Crippen LogP contribution is -1.94. The van der Waals surface area contributed by atoms with Crippen LogP contribution in [0.2, 0.25) is 0 Å². The summed E-state index contributed by atoms with van der Waals surface area (Å²) >= 11 is 3.48. The van der Waals surface area contributed by atoms with Crippen molar-refractivity contribution in [3.63, 3.8) is 0 Å². The maximum Gasteiger partial charge on any atom is 0.153 e. The van der Waals surface area contributed by atoms with E-state index < -0.39 is 0 Å². The molecule has 0 atom stereocenters. The molecule has 2 heterocycles. The third-order valence-electron chi connectivity index (χ3n) is 2.98. The smallest absolute Gasteiger partial charge is 0.153 e. The summed E-state index contributed by atoms with van der Waals surface area (Å²) in [6.45, 7) is 0. The zero-order chi connectivity index (χ0) is 13.4. The Kier molecular flexibility index (Phi) is 2.91. The first-order chi connectivity index (χ1) is 9.20. The molecule has 0 amide bonds. The molecule has 3 aromatic rings. The van der Waals surface area contributed by atoms with E-state index in [1.54, 1.807) is 7.11 Å². The third kappa shape index (κ3) is 1.96. The molecule has 0 saturated carbocycles. The first kappa shape index (κ1) is 12.0. The van der Waals surface area contributed by atoms with Crippen LogP contribution in [-0.2, 0) is 0 Å². The highest BCUT2D eigenvalue weighted by atomic mass is 79.9. The minimum Gasteiger partial charge on any atom is -0.497 e. The molecule has 0 radical (unpaired) electrons. The Morgan fingerprint density at radius 2 is 2.11 bits per heavy atom. The molecule has 0 aliphatic carbocycles. The van der Waals surface area contributed by atoms with E-state index in [0.29, 0.717) is 5.82 Å². The van der Waals surface area contributed by atoms with Gasteiger partial charge in [0.25, 0.3) is 0 Å². The Balaban J connectivity index is 2.25. The summed E-state index contributed by atoms with van der Waals surface area (Å²) in [5.74, 6) is 1.40. The number of fused-ring (bicyclic) bond motifs is 1. The van der Waals surface area contributed by atoms with Crippen LogP contribution < -0.4 is 10.5 Å². The van der Waals surface area contributed by atoms with Gasteiger partial charge in [0, 0.05) is 11.8 Å². The molecule has 2 N–H and O–H groups in total. The van der Waals surface area contributed by atoms with Crippen LogP contribution in [0, 0.1) is 0 Å². The van der Waals surface area contributed by atoms with Gasteiger partial charge in [-0.1, -0.05) is 12.1 Å². The van der Waals surface area contributed by atoms with Crippen LogP contribution in [0.5, 0.6) is 5.75 Å². The van der Waals surface area contributed by atoms with Gasteiger partial charge in [-0.15, -0.1) is 0 Å². The number of methoxy groups -OCH3 is 1. The molecule has 0 saturated heterocycles. The first-order valence-electron chi connectivity index (χ1n) is 5.77. The molecular formula is C14H12BrN3O. The second kappa shape index (κ2) is 4.59. The summed E-state index contributed by atoms with van der Waals surface area (Å²) in [7, 11) is 1.64. The van der Waals surface area contributed by atoms with Crippen LogP contribution in [-0.4, -0.2) is 16.5 Å². The van der Waals surface area contributed by atoms with E-state index in [4.69, 9.17) is 10.5 Å². The summed E-state index contributed by atoms with van der Waals surface area (Å²) in [6.07, 6.45) is 1.89. The predicted molar refractivity (Wildman–Crippen MR) is 79.3 cm³/mol. The molecule has 96 valence electrons. The molecule has 4 nitrogen and oxygen atoms in total. The Labute approximate surface area is 119 Å². The lowest BCUT2D eigenvalue weighted by atomic mass is 10.1. The average molecular weight is 318 g/mol. The lowest BCUT2D eigenvalue weighted by Gasteiger charge is -2.02. The van der Waals surface area contributed by atoms with Gasteiger partial charge in [-0.05, 0) is 40.2 Å². The molecule has 0 fully saturated rings. The molecule has 0 aliphatic rings. The number of rotatable bonds is 2. The monoisotopic (exact) mass is 317 g/mol. The standard InChI is InChI=1S/C14H12BrN3O/c1-19-10-5-2-4-9(8-10)12-13(16)18-7-3-6-11(15)14(18)17-12/h2-8H,16H2,1H3.